The van der Waals surface area contributed by atoms with Gasteiger partial charge in [0.05, 0.1) is 19.6 Å². The molecule has 0 saturated heterocycles. The monoisotopic (exact) mass is 435 g/mol. The zero-order chi connectivity index (χ0) is 23.1. The van der Waals surface area contributed by atoms with E-state index in [1.807, 2.05) is 12.1 Å². The Bertz CT molecular complexity index is 996. The summed E-state index contributed by atoms with van der Waals surface area (Å²) in [5.74, 6) is 1.51. The van der Waals surface area contributed by atoms with E-state index in [4.69, 9.17) is 9.47 Å². The highest BCUT2D eigenvalue weighted by molar-refractivity contribution is 5.77. The van der Waals surface area contributed by atoms with Crippen molar-refractivity contribution in [3.63, 3.8) is 0 Å². The number of hydrogen-bond acceptors (Lipinski definition) is 4. The average Bonchev–Trinajstić information content (AvgIpc) is 2.78. The van der Waals surface area contributed by atoms with Crippen LogP contribution in [0.3, 0.4) is 0 Å². The third kappa shape index (κ3) is 3.68. The Hall–Kier alpha value is -2.49. The third-order valence-electron chi connectivity index (χ3n) is 8.17. The predicted molar refractivity (Wildman–Crippen MR) is 130 cm³/mol. The summed E-state index contributed by atoms with van der Waals surface area (Å²) in [5.41, 5.74) is 5.96. The largest absolute Gasteiger partial charge is 0.497 e. The fourth-order valence-electron chi connectivity index (χ4n) is 6.43. The van der Waals surface area contributed by atoms with Gasteiger partial charge in [-0.15, -0.1) is 0 Å². The Kier molecular flexibility index (Phi) is 6.00. The Morgan fingerprint density at radius 2 is 1.81 bits per heavy atom. The summed E-state index contributed by atoms with van der Waals surface area (Å²) in [6, 6.07) is 12.9. The highest BCUT2D eigenvalue weighted by Crippen LogP contribution is 2.58. The molecule has 4 heteroatoms. The summed E-state index contributed by atoms with van der Waals surface area (Å²) in [5, 5.41) is 3.68. The van der Waals surface area contributed by atoms with Crippen molar-refractivity contribution < 1.29 is 14.3 Å². The highest BCUT2D eigenvalue weighted by atomic mass is 16.5. The number of anilines is 2. The van der Waals surface area contributed by atoms with Gasteiger partial charge in [0.15, 0.2) is 0 Å². The molecule has 4 rings (SSSR count). The molecule has 0 spiro atoms. The van der Waals surface area contributed by atoms with Crippen molar-refractivity contribution in [3.8, 4) is 5.75 Å². The van der Waals surface area contributed by atoms with E-state index in [1.165, 1.54) is 23.8 Å². The lowest BCUT2D eigenvalue weighted by Crippen LogP contribution is -2.52. The summed E-state index contributed by atoms with van der Waals surface area (Å²) in [4.78, 5) is 12.9. The van der Waals surface area contributed by atoms with E-state index in [0.717, 1.165) is 49.2 Å². The third-order valence-corrected chi connectivity index (χ3v) is 8.17. The predicted octanol–water partition coefficient (Wildman–Crippen LogP) is 6.75. The van der Waals surface area contributed by atoms with E-state index in [9.17, 15) is 4.79 Å². The second kappa shape index (κ2) is 8.46. The number of ether oxygens (including phenoxy) is 2. The van der Waals surface area contributed by atoms with Gasteiger partial charge < -0.3 is 14.8 Å². The maximum absolute atomic E-state index is 12.9. The van der Waals surface area contributed by atoms with Crippen LogP contribution in [0.4, 0.5) is 11.4 Å². The molecule has 0 aliphatic heterocycles. The molecule has 1 fully saturated rings. The second-order valence-electron chi connectivity index (χ2n) is 10.4. The number of benzene rings is 2. The van der Waals surface area contributed by atoms with Crippen LogP contribution in [-0.4, -0.2) is 20.2 Å². The summed E-state index contributed by atoms with van der Waals surface area (Å²) < 4.78 is 10.6. The van der Waals surface area contributed by atoms with Gasteiger partial charge in [0, 0.05) is 11.4 Å². The van der Waals surface area contributed by atoms with Gasteiger partial charge in [-0.2, -0.15) is 0 Å². The van der Waals surface area contributed by atoms with Crippen molar-refractivity contribution in [2.24, 2.45) is 11.3 Å². The summed E-state index contributed by atoms with van der Waals surface area (Å²) >= 11 is 0. The standard InChI is InChI=1S/C28H37NO3/c1-18(2)22-16-19-8-13-25-27(3,14-7-15-28(25,4)26(30)32-6)23(19)17-24(22)29-20-9-11-21(31-5)12-10-20/h9-12,16-18,25,29H,7-8,13-15H2,1-6H3/t25-,27-,28-/m1/s1. The zero-order valence-electron chi connectivity index (χ0n) is 20.4. The lowest BCUT2D eigenvalue weighted by atomic mass is 9.49. The molecule has 2 aromatic rings. The van der Waals surface area contributed by atoms with Crippen LogP contribution in [0.15, 0.2) is 36.4 Å². The van der Waals surface area contributed by atoms with E-state index in [1.54, 1.807) is 7.11 Å². The van der Waals surface area contributed by atoms with Gasteiger partial charge in [0.2, 0.25) is 0 Å². The smallest absolute Gasteiger partial charge is 0.311 e. The van der Waals surface area contributed by atoms with Gasteiger partial charge in [-0.1, -0.05) is 33.3 Å². The molecular weight excluding hydrogens is 398 g/mol. The van der Waals surface area contributed by atoms with Gasteiger partial charge in [0.25, 0.3) is 0 Å². The minimum Gasteiger partial charge on any atom is -0.497 e. The molecule has 0 unspecified atom stereocenters. The SMILES string of the molecule is COC(=O)[C@]1(C)CCC[C@]2(C)c3cc(Nc4ccc(OC)cc4)c(C(C)C)cc3CC[C@@H]12. The Balaban J connectivity index is 1.78. The number of nitrogens with one attached hydrogen (secondary N) is 1. The maximum Gasteiger partial charge on any atom is 0.311 e. The van der Waals surface area contributed by atoms with Crippen LogP contribution < -0.4 is 10.1 Å². The Morgan fingerprint density at radius 1 is 1.09 bits per heavy atom. The average molecular weight is 436 g/mol. The minimum atomic E-state index is -0.417. The van der Waals surface area contributed by atoms with Crippen LogP contribution in [0.5, 0.6) is 5.75 Å². The number of esters is 1. The molecule has 2 aromatic carbocycles. The van der Waals surface area contributed by atoms with E-state index in [0.29, 0.717) is 11.8 Å². The van der Waals surface area contributed by atoms with Crippen LogP contribution in [0.25, 0.3) is 0 Å². The molecule has 32 heavy (non-hydrogen) atoms. The van der Waals surface area contributed by atoms with Crippen LogP contribution in [0, 0.1) is 11.3 Å². The van der Waals surface area contributed by atoms with Gasteiger partial charge in [0.1, 0.15) is 5.75 Å². The van der Waals surface area contributed by atoms with Crippen molar-refractivity contribution in [3.05, 3.63) is 53.1 Å². The molecule has 0 amide bonds. The number of carbonyl (C=O) groups excluding carboxylic acids is 1. The van der Waals surface area contributed by atoms with E-state index in [-0.39, 0.29) is 11.4 Å². The number of aryl methyl sites for hydroxylation is 1. The number of carbonyl (C=O) groups is 1. The van der Waals surface area contributed by atoms with Gasteiger partial charge in [-0.3, -0.25) is 4.79 Å². The molecule has 2 aliphatic carbocycles. The normalized spacial score (nSPS) is 26.8. The van der Waals surface area contributed by atoms with Crippen LogP contribution in [-0.2, 0) is 21.4 Å². The van der Waals surface area contributed by atoms with Gasteiger partial charge in [-0.25, -0.2) is 0 Å². The number of hydrogen-bond donors (Lipinski definition) is 1. The fourth-order valence-corrected chi connectivity index (χ4v) is 6.43. The number of fused-ring (bicyclic) bond motifs is 3. The Morgan fingerprint density at radius 3 is 2.44 bits per heavy atom. The lowest BCUT2D eigenvalue weighted by molar-refractivity contribution is -0.161. The maximum atomic E-state index is 12.9. The fraction of sp³-hybridized carbons (Fsp3) is 0.536. The summed E-state index contributed by atoms with van der Waals surface area (Å²) in [7, 11) is 3.22. The number of rotatable bonds is 5. The van der Waals surface area contributed by atoms with Gasteiger partial charge in [-0.05, 0) is 96.9 Å². The summed E-state index contributed by atoms with van der Waals surface area (Å²) in [6.07, 6.45) is 5.13. The van der Waals surface area contributed by atoms with E-state index < -0.39 is 5.41 Å². The molecule has 3 atom stereocenters. The lowest BCUT2D eigenvalue weighted by Gasteiger charge is -2.54. The van der Waals surface area contributed by atoms with Crippen molar-refractivity contribution >= 4 is 17.3 Å². The highest BCUT2D eigenvalue weighted by Gasteiger charge is 2.55. The van der Waals surface area contributed by atoms with Crippen LogP contribution in [0.2, 0.25) is 0 Å². The van der Waals surface area contributed by atoms with E-state index >= 15 is 0 Å². The first kappa shape index (κ1) is 22.7. The summed E-state index contributed by atoms with van der Waals surface area (Å²) in [6.45, 7) is 9.01. The minimum absolute atomic E-state index is 0.0272. The molecule has 172 valence electrons. The number of methoxy groups -OCH3 is 2. The molecule has 4 nitrogen and oxygen atoms in total. The first-order chi connectivity index (χ1) is 15.2. The van der Waals surface area contributed by atoms with Crippen molar-refractivity contribution in [1.82, 2.24) is 0 Å². The first-order valence-electron chi connectivity index (χ1n) is 11.9. The molecule has 1 saturated carbocycles. The van der Waals surface area contributed by atoms with Crippen molar-refractivity contribution in [2.75, 3.05) is 19.5 Å². The van der Waals surface area contributed by atoms with E-state index in [2.05, 4.69) is 57.3 Å². The van der Waals surface area contributed by atoms with Crippen molar-refractivity contribution in [2.45, 2.75) is 71.1 Å². The molecular formula is C28H37NO3. The van der Waals surface area contributed by atoms with Gasteiger partial charge >= 0.3 is 5.97 Å². The van der Waals surface area contributed by atoms with Crippen molar-refractivity contribution in [1.29, 1.82) is 0 Å². The zero-order valence-corrected chi connectivity index (χ0v) is 20.4. The molecule has 2 aliphatic rings. The molecule has 1 N–H and O–H groups in total. The molecule has 0 radical (unpaired) electrons. The molecule has 0 bridgehead atoms. The van der Waals surface area contributed by atoms with Crippen LogP contribution >= 0.6 is 0 Å². The van der Waals surface area contributed by atoms with Crippen LogP contribution in [0.1, 0.15) is 76.0 Å². The second-order valence-corrected chi connectivity index (χ2v) is 10.4. The first-order valence-corrected chi connectivity index (χ1v) is 11.9. The Labute approximate surface area is 192 Å². The topological polar surface area (TPSA) is 47.6 Å². The molecule has 0 aromatic heterocycles. The quantitative estimate of drug-likeness (QED) is 0.528. The molecule has 0 heterocycles.